The average molecular weight is 563 g/mol. The number of anilines is 3. The van der Waals surface area contributed by atoms with Crippen molar-refractivity contribution < 1.29 is 4.42 Å². The van der Waals surface area contributed by atoms with Crippen LogP contribution in [0.3, 0.4) is 0 Å². The molecule has 3 heteroatoms. The van der Waals surface area contributed by atoms with Gasteiger partial charge in [0.15, 0.2) is 5.58 Å². The quantitative estimate of drug-likeness (QED) is 0.200. The number of oxazole rings is 1. The fourth-order valence-corrected chi connectivity index (χ4v) is 6.43. The Hall–Kier alpha value is -5.93. The van der Waals surface area contributed by atoms with Crippen LogP contribution < -0.4 is 4.90 Å². The Morgan fingerprint density at radius 3 is 1.64 bits per heavy atom. The fraction of sp³-hybridized carbons (Fsp3) is 0. The molecule has 1 heterocycles. The van der Waals surface area contributed by atoms with Crippen molar-refractivity contribution >= 4 is 71.3 Å². The predicted molar refractivity (Wildman–Crippen MR) is 184 cm³/mol. The van der Waals surface area contributed by atoms with E-state index in [-0.39, 0.29) is 0 Å². The van der Waals surface area contributed by atoms with E-state index in [1.807, 2.05) is 30.3 Å². The lowest BCUT2D eigenvalue weighted by atomic mass is 9.99. The predicted octanol–water partition coefficient (Wildman–Crippen LogP) is 11.6. The lowest BCUT2D eigenvalue weighted by molar-refractivity contribution is 0.623. The van der Waals surface area contributed by atoms with Gasteiger partial charge in [0.05, 0.1) is 0 Å². The first-order valence-electron chi connectivity index (χ1n) is 14.9. The molecule has 0 aliphatic carbocycles. The van der Waals surface area contributed by atoms with Gasteiger partial charge in [0.25, 0.3) is 0 Å². The van der Waals surface area contributed by atoms with Gasteiger partial charge in [0, 0.05) is 28.0 Å². The van der Waals surface area contributed by atoms with Crippen molar-refractivity contribution in [2.45, 2.75) is 0 Å². The molecule has 0 saturated heterocycles. The lowest BCUT2D eigenvalue weighted by Crippen LogP contribution is -2.10. The molecule has 0 saturated carbocycles. The summed E-state index contributed by atoms with van der Waals surface area (Å²) < 4.78 is 6.52. The zero-order valence-electron chi connectivity index (χ0n) is 23.8. The highest BCUT2D eigenvalue weighted by atomic mass is 16.3. The zero-order chi connectivity index (χ0) is 29.0. The van der Waals surface area contributed by atoms with Crippen LogP contribution in [0.25, 0.3) is 65.6 Å². The first-order valence-corrected chi connectivity index (χ1v) is 14.9. The summed E-state index contributed by atoms with van der Waals surface area (Å²) in [6.45, 7) is 0. The van der Waals surface area contributed by atoms with Gasteiger partial charge in [-0.15, -0.1) is 0 Å². The minimum atomic E-state index is 0.634. The van der Waals surface area contributed by atoms with Crippen molar-refractivity contribution in [1.29, 1.82) is 0 Å². The van der Waals surface area contributed by atoms with Crippen LogP contribution in [-0.2, 0) is 0 Å². The number of aromatic nitrogens is 1. The monoisotopic (exact) mass is 562 g/mol. The zero-order valence-corrected chi connectivity index (χ0v) is 23.8. The number of rotatable bonds is 4. The first-order chi connectivity index (χ1) is 21.8. The van der Waals surface area contributed by atoms with E-state index in [0.29, 0.717) is 5.89 Å². The van der Waals surface area contributed by atoms with Gasteiger partial charge in [-0.1, -0.05) is 103 Å². The molecule has 0 N–H and O–H groups in total. The molecule has 0 aliphatic heterocycles. The van der Waals surface area contributed by atoms with E-state index in [9.17, 15) is 0 Å². The van der Waals surface area contributed by atoms with Crippen molar-refractivity contribution in [1.82, 2.24) is 4.98 Å². The minimum Gasteiger partial charge on any atom is -0.435 e. The molecule has 0 unspecified atom stereocenters. The SMILES string of the molecule is c1ccc(-c2nc3ccc4ccc5ccc(N(c6ccc7ccccc7c6)c6ccc7ccccc7c6)cc5c4c3o2)cc1. The van der Waals surface area contributed by atoms with Gasteiger partial charge in [-0.05, 0) is 92.3 Å². The van der Waals surface area contributed by atoms with Gasteiger partial charge in [0.1, 0.15) is 5.52 Å². The van der Waals surface area contributed by atoms with Crippen molar-refractivity contribution in [3.05, 3.63) is 158 Å². The molecule has 3 nitrogen and oxygen atoms in total. The van der Waals surface area contributed by atoms with E-state index in [0.717, 1.165) is 55.3 Å². The summed E-state index contributed by atoms with van der Waals surface area (Å²) >= 11 is 0. The van der Waals surface area contributed by atoms with Crippen LogP contribution in [0.15, 0.2) is 162 Å². The standard InChI is InChI=1S/C41H26N2O/c1-2-10-31(11-3-1)41-42-38-23-19-30-15-14-29-18-22-36(26-37(29)39(30)40(38)44-41)43(34-20-16-27-8-4-6-12-32(27)24-34)35-21-17-28-9-5-7-13-33(28)25-35/h1-26H. The number of fused-ring (bicyclic) bond motifs is 7. The molecule has 0 spiro atoms. The number of nitrogens with zero attached hydrogens (tertiary/aromatic N) is 2. The second-order valence-corrected chi connectivity index (χ2v) is 11.3. The summed E-state index contributed by atoms with van der Waals surface area (Å²) in [7, 11) is 0. The van der Waals surface area contributed by atoms with Gasteiger partial charge in [-0.3, -0.25) is 0 Å². The van der Waals surface area contributed by atoms with Gasteiger partial charge in [-0.2, -0.15) is 0 Å². The maximum Gasteiger partial charge on any atom is 0.227 e. The fourth-order valence-electron chi connectivity index (χ4n) is 6.43. The van der Waals surface area contributed by atoms with Crippen molar-refractivity contribution in [2.24, 2.45) is 0 Å². The van der Waals surface area contributed by atoms with E-state index in [1.165, 1.54) is 21.5 Å². The van der Waals surface area contributed by atoms with Crippen molar-refractivity contribution in [2.75, 3.05) is 4.90 Å². The van der Waals surface area contributed by atoms with E-state index >= 15 is 0 Å². The Kier molecular flexibility index (Phi) is 5.50. The molecule has 0 bridgehead atoms. The normalized spacial score (nSPS) is 11.6. The third kappa shape index (κ3) is 4.02. The van der Waals surface area contributed by atoms with E-state index in [4.69, 9.17) is 9.40 Å². The molecule has 0 radical (unpaired) electrons. The molecule has 9 rings (SSSR count). The topological polar surface area (TPSA) is 29.3 Å². The summed E-state index contributed by atoms with van der Waals surface area (Å²) in [6, 6.07) is 55.8. The van der Waals surface area contributed by atoms with Crippen LogP contribution in [0, 0.1) is 0 Å². The second-order valence-electron chi connectivity index (χ2n) is 11.3. The summed E-state index contributed by atoms with van der Waals surface area (Å²) in [4.78, 5) is 7.23. The van der Waals surface area contributed by atoms with E-state index in [2.05, 4.69) is 132 Å². The van der Waals surface area contributed by atoms with E-state index in [1.54, 1.807) is 0 Å². The lowest BCUT2D eigenvalue weighted by Gasteiger charge is -2.26. The molecule has 0 atom stereocenters. The molecular weight excluding hydrogens is 536 g/mol. The second kappa shape index (κ2) is 9.82. The Balaban J connectivity index is 1.30. The molecular formula is C41H26N2O. The smallest absolute Gasteiger partial charge is 0.227 e. The summed E-state index contributed by atoms with van der Waals surface area (Å²) in [6.07, 6.45) is 0. The van der Waals surface area contributed by atoms with E-state index < -0.39 is 0 Å². The Morgan fingerprint density at radius 2 is 0.955 bits per heavy atom. The maximum absolute atomic E-state index is 6.52. The summed E-state index contributed by atoms with van der Waals surface area (Å²) in [5, 5.41) is 9.35. The molecule has 0 fully saturated rings. The van der Waals surface area contributed by atoms with Crippen molar-refractivity contribution in [3.8, 4) is 11.5 Å². The average Bonchev–Trinajstić information content (AvgIpc) is 3.53. The molecule has 206 valence electrons. The first kappa shape index (κ1) is 24.6. The molecule has 44 heavy (non-hydrogen) atoms. The van der Waals surface area contributed by atoms with Gasteiger partial charge in [-0.25, -0.2) is 4.98 Å². The molecule has 9 aromatic rings. The minimum absolute atomic E-state index is 0.634. The third-order valence-corrected chi connectivity index (χ3v) is 8.60. The Labute approximate surface area is 254 Å². The highest BCUT2D eigenvalue weighted by Gasteiger charge is 2.17. The van der Waals surface area contributed by atoms with Crippen LogP contribution in [0.1, 0.15) is 0 Å². The summed E-state index contributed by atoms with van der Waals surface area (Å²) in [5.74, 6) is 0.634. The van der Waals surface area contributed by atoms with Gasteiger partial charge >= 0.3 is 0 Å². The number of benzene rings is 8. The third-order valence-electron chi connectivity index (χ3n) is 8.60. The Morgan fingerprint density at radius 1 is 0.432 bits per heavy atom. The largest absolute Gasteiger partial charge is 0.435 e. The van der Waals surface area contributed by atoms with Crippen LogP contribution in [-0.4, -0.2) is 4.98 Å². The van der Waals surface area contributed by atoms with Crippen LogP contribution >= 0.6 is 0 Å². The van der Waals surface area contributed by atoms with Gasteiger partial charge in [0.2, 0.25) is 5.89 Å². The molecule has 0 amide bonds. The van der Waals surface area contributed by atoms with Gasteiger partial charge < -0.3 is 9.32 Å². The molecule has 0 aliphatic rings. The highest BCUT2D eigenvalue weighted by molar-refractivity contribution is 6.18. The van der Waals surface area contributed by atoms with Crippen LogP contribution in [0.5, 0.6) is 0 Å². The highest BCUT2D eigenvalue weighted by Crippen LogP contribution is 2.41. The summed E-state index contributed by atoms with van der Waals surface area (Å²) in [5.41, 5.74) is 5.93. The number of hydrogen-bond acceptors (Lipinski definition) is 3. The molecule has 8 aromatic carbocycles. The number of hydrogen-bond donors (Lipinski definition) is 0. The van der Waals surface area contributed by atoms with Crippen LogP contribution in [0.2, 0.25) is 0 Å². The Bertz CT molecular complexity index is 2430. The maximum atomic E-state index is 6.52. The molecule has 1 aromatic heterocycles. The van der Waals surface area contributed by atoms with Crippen molar-refractivity contribution in [3.63, 3.8) is 0 Å². The van der Waals surface area contributed by atoms with Crippen LogP contribution in [0.4, 0.5) is 17.1 Å².